The summed E-state index contributed by atoms with van der Waals surface area (Å²) < 4.78 is 28.7. The predicted octanol–water partition coefficient (Wildman–Crippen LogP) is 1.89. The molecule has 0 spiro atoms. The highest BCUT2D eigenvalue weighted by Gasteiger charge is 2.39. The first-order chi connectivity index (χ1) is 12.4. The van der Waals surface area contributed by atoms with Crippen LogP contribution >= 0.6 is 11.3 Å². The zero-order valence-electron chi connectivity index (χ0n) is 14.0. The number of hydrogen-bond acceptors (Lipinski definition) is 6. The number of pyridine rings is 1. The number of carbonyl (C=O) groups is 1. The summed E-state index contributed by atoms with van der Waals surface area (Å²) in [5.41, 5.74) is 1.23. The van der Waals surface area contributed by atoms with Crippen molar-refractivity contribution < 1.29 is 13.2 Å². The van der Waals surface area contributed by atoms with E-state index >= 15 is 0 Å². The Morgan fingerprint density at radius 1 is 1.35 bits per heavy atom. The Labute approximate surface area is 154 Å². The third-order valence-electron chi connectivity index (χ3n) is 4.27. The Bertz CT molecular complexity index is 1060. The molecule has 10 heteroatoms. The number of hydrogen-bond donors (Lipinski definition) is 1. The van der Waals surface area contributed by atoms with Crippen LogP contribution in [-0.2, 0) is 14.8 Å². The van der Waals surface area contributed by atoms with Crippen molar-refractivity contribution in [2.45, 2.75) is 30.0 Å². The number of aryl methyl sites for hydroxylation is 1. The molecule has 1 aliphatic heterocycles. The SMILES string of the molecule is Cc1nc2ccc(NC(=O)C3CCCN3S(=O)(=O)c3cccs3)cn2n1. The minimum absolute atomic E-state index is 0.261. The summed E-state index contributed by atoms with van der Waals surface area (Å²) in [6, 6.07) is 6.03. The van der Waals surface area contributed by atoms with Crippen molar-refractivity contribution in [2.24, 2.45) is 0 Å². The van der Waals surface area contributed by atoms with Crippen molar-refractivity contribution in [3.05, 3.63) is 41.7 Å². The van der Waals surface area contributed by atoms with Crippen molar-refractivity contribution in [1.82, 2.24) is 18.9 Å². The van der Waals surface area contributed by atoms with E-state index in [0.29, 0.717) is 36.5 Å². The van der Waals surface area contributed by atoms with E-state index in [1.807, 2.05) is 0 Å². The summed E-state index contributed by atoms with van der Waals surface area (Å²) in [5.74, 6) is 0.302. The number of rotatable bonds is 4. The minimum atomic E-state index is -3.65. The number of anilines is 1. The van der Waals surface area contributed by atoms with Crippen LogP contribution in [-0.4, -0.2) is 45.8 Å². The van der Waals surface area contributed by atoms with E-state index < -0.39 is 16.1 Å². The molecule has 1 N–H and O–H groups in total. The lowest BCUT2D eigenvalue weighted by atomic mass is 10.2. The molecule has 4 rings (SSSR count). The highest BCUT2D eigenvalue weighted by atomic mass is 32.2. The van der Waals surface area contributed by atoms with Gasteiger partial charge in [-0.3, -0.25) is 4.79 Å². The van der Waals surface area contributed by atoms with Crippen LogP contribution in [0.4, 0.5) is 5.69 Å². The molecule has 0 radical (unpaired) electrons. The van der Waals surface area contributed by atoms with Gasteiger partial charge in [0, 0.05) is 6.54 Å². The zero-order valence-corrected chi connectivity index (χ0v) is 15.6. The van der Waals surface area contributed by atoms with Crippen LogP contribution in [0.3, 0.4) is 0 Å². The van der Waals surface area contributed by atoms with Crippen LogP contribution in [0.2, 0.25) is 0 Å². The topological polar surface area (TPSA) is 96.7 Å². The van der Waals surface area contributed by atoms with Crippen molar-refractivity contribution in [2.75, 3.05) is 11.9 Å². The molecule has 1 saturated heterocycles. The molecule has 1 fully saturated rings. The maximum absolute atomic E-state index is 12.8. The van der Waals surface area contributed by atoms with Gasteiger partial charge in [0.05, 0.1) is 11.9 Å². The van der Waals surface area contributed by atoms with Gasteiger partial charge in [-0.15, -0.1) is 11.3 Å². The lowest BCUT2D eigenvalue weighted by Gasteiger charge is -2.22. The van der Waals surface area contributed by atoms with Crippen LogP contribution < -0.4 is 5.32 Å². The van der Waals surface area contributed by atoms with Crippen LogP contribution in [0.25, 0.3) is 5.65 Å². The lowest BCUT2D eigenvalue weighted by molar-refractivity contribution is -0.119. The van der Waals surface area contributed by atoms with E-state index in [2.05, 4.69) is 15.4 Å². The van der Waals surface area contributed by atoms with Crippen LogP contribution in [0, 0.1) is 6.92 Å². The van der Waals surface area contributed by atoms with E-state index in [1.54, 1.807) is 47.3 Å². The Morgan fingerprint density at radius 2 is 2.19 bits per heavy atom. The number of nitrogens with zero attached hydrogens (tertiary/aromatic N) is 4. The van der Waals surface area contributed by atoms with Crippen LogP contribution in [0.15, 0.2) is 40.1 Å². The summed E-state index contributed by atoms with van der Waals surface area (Å²) >= 11 is 1.16. The molecule has 1 unspecified atom stereocenters. The van der Waals surface area contributed by atoms with E-state index in [9.17, 15) is 13.2 Å². The highest BCUT2D eigenvalue weighted by molar-refractivity contribution is 7.91. The molecule has 3 aromatic rings. The number of carbonyl (C=O) groups excluding carboxylic acids is 1. The maximum atomic E-state index is 12.8. The third kappa shape index (κ3) is 3.00. The van der Waals surface area contributed by atoms with Gasteiger partial charge >= 0.3 is 0 Å². The first kappa shape index (κ1) is 17.1. The molecule has 0 aliphatic carbocycles. The Hall–Kier alpha value is -2.30. The van der Waals surface area contributed by atoms with Crippen LogP contribution in [0.1, 0.15) is 18.7 Å². The van der Waals surface area contributed by atoms with Crippen molar-refractivity contribution in [3.8, 4) is 0 Å². The van der Waals surface area contributed by atoms with Crippen LogP contribution in [0.5, 0.6) is 0 Å². The summed E-state index contributed by atoms with van der Waals surface area (Å²) in [7, 11) is -3.65. The number of fused-ring (bicyclic) bond motifs is 1. The molecule has 136 valence electrons. The second-order valence-electron chi connectivity index (χ2n) is 6.07. The van der Waals surface area contributed by atoms with E-state index in [1.165, 1.54) is 4.31 Å². The predicted molar refractivity (Wildman–Crippen MR) is 97.6 cm³/mol. The number of nitrogens with one attached hydrogen (secondary N) is 1. The Balaban J connectivity index is 1.56. The summed E-state index contributed by atoms with van der Waals surface area (Å²) in [5, 5.41) is 8.73. The van der Waals surface area contributed by atoms with Crippen molar-refractivity contribution in [3.63, 3.8) is 0 Å². The number of thiophene rings is 1. The fourth-order valence-electron chi connectivity index (χ4n) is 3.11. The third-order valence-corrected chi connectivity index (χ3v) is 7.55. The van der Waals surface area contributed by atoms with E-state index in [0.717, 1.165) is 11.3 Å². The second kappa shape index (κ2) is 6.45. The smallest absolute Gasteiger partial charge is 0.253 e. The van der Waals surface area contributed by atoms with Gasteiger partial charge in [0.25, 0.3) is 10.0 Å². The molecule has 1 amide bonds. The van der Waals surface area contributed by atoms with Gasteiger partial charge in [0.2, 0.25) is 5.91 Å². The summed E-state index contributed by atoms with van der Waals surface area (Å²) in [6.07, 6.45) is 2.82. The van der Waals surface area contributed by atoms with Crippen molar-refractivity contribution >= 4 is 38.6 Å². The monoisotopic (exact) mass is 391 g/mol. The molecule has 0 saturated carbocycles. The largest absolute Gasteiger partial charge is 0.323 e. The molecule has 0 bridgehead atoms. The second-order valence-corrected chi connectivity index (χ2v) is 9.14. The molecule has 4 heterocycles. The fraction of sp³-hybridized carbons (Fsp3) is 0.312. The van der Waals surface area contributed by atoms with Gasteiger partial charge in [-0.25, -0.2) is 17.9 Å². The number of aromatic nitrogens is 3. The van der Waals surface area contributed by atoms with E-state index in [-0.39, 0.29) is 10.1 Å². The first-order valence-electron chi connectivity index (χ1n) is 8.14. The van der Waals surface area contributed by atoms with Gasteiger partial charge in [-0.1, -0.05) is 6.07 Å². The molecular formula is C16H17N5O3S2. The first-order valence-corrected chi connectivity index (χ1v) is 10.5. The summed E-state index contributed by atoms with van der Waals surface area (Å²) in [6.45, 7) is 2.14. The van der Waals surface area contributed by atoms with Gasteiger partial charge in [0.1, 0.15) is 16.1 Å². The van der Waals surface area contributed by atoms with Gasteiger partial charge in [-0.05, 0) is 43.3 Å². The Morgan fingerprint density at radius 3 is 2.96 bits per heavy atom. The average molecular weight is 391 g/mol. The van der Waals surface area contributed by atoms with Gasteiger partial charge < -0.3 is 5.32 Å². The van der Waals surface area contributed by atoms with E-state index in [4.69, 9.17) is 0 Å². The maximum Gasteiger partial charge on any atom is 0.253 e. The molecule has 1 atom stereocenters. The summed E-state index contributed by atoms with van der Waals surface area (Å²) in [4.78, 5) is 17.0. The van der Waals surface area contributed by atoms with Gasteiger partial charge in [-0.2, -0.15) is 9.40 Å². The fourth-order valence-corrected chi connectivity index (χ4v) is 5.89. The normalized spacial score (nSPS) is 18.4. The molecule has 1 aliphatic rings. The molecule has 26 heavy (non-hydrogen) atoms. The quantitative estimate of drug-likeness (QED) is 0.733. The molecule has 0 aromatic carbocycles. The highest BCUT2D eigenvalue weighted by Crippen LogP contribution is 2.29. The van der Waals surface area contributed by atoms with Gasteiger partial charge in [0.15, 0.2) is 5.65 Å². The standard InChI is InChI=1S/C16H17N5O3S2/c1-11-17-14-7-6-12(10-20(14)19-11)18-16(22)13-4-2-8-21(13)26(23,24)15-5-3-9-25-15/h3,5-7,9-10,13H,2,4,8H2,1H3,(H,18,22). The Kier molecular flexibility index (Phi) is 4.25. The molecular weight excluding hydrogens is 374 g/mol. The zero-order chi connectivity index (χ0) is 18.3. The molecule has 8 nitrogen and oxygen atoms in total. The van der Waals surface area contributed by atoms with Crippen molar-refractivity contribution in [1.29, 1.82) is 0 Å². The lowest BCUT2D eigenvalue weighted by Crippen LogP contribution is -2.42. The number of amides is 1. The average Bonchev–Trinajstić information content (AvgIpc) is 3.34. The minimum Gasteiger partial charge on any atom is -0.323 e. The molecule has 3 aromatic heterocycles. The number of sulfonamides is 1.